The van der Waals surface area contributed by atoms with Crippen LogP contribution in [0.25, 0.3) is 0 Å². The second kappa shape index (κ2) is 5.84. The maximum absolute atomic E-state index is 13.3. The van der Waals surface area contributed by atoms with E-state index < -0.39 is 65.3 Å². The number of halogens is 8. The Hall–Kier alpha value is -1.21. The first kappa shape index (κ1) is 15.8. The number of hydrogen-bond donors (Lipinski definition) is 0. The van der Waals surface area contributed by atoms with Gasteiger partial charge in [-0.2, -0.15) is 8.78 Å². The minimum Gasteiger partial charge on any atom is -0.458 e. The average molecular weight is 324 g/mol. The van der Waals surface area contributed by atoms with Crippen LogP contribution in [-0.2, 0) is 4.12 Å². The molecule has 0 saturated heterocycles. The van der Waals surface area contributed by atoms with Crippen LogP contribution in [0.15, 0.2) is 11.5 Å². The Morgan fingerprint density at radius 2 is 1.16 bits per heavy atom. The molecule has 1 nitrogen and oxygen atoms in total. The molecule has 106 valence electrons. The number of hydrogen-bond acceptors (Lipinski definition) is 1. The van der Waals surface area contributed by atoms with E-state index >= 15 is 0 Å². The molecular formula is C8H4F8OSi2. The number of benzene rings is 1. The average Bonchev–Trinajstić information content (AvgIpc) is 2.38. The van der Waals surface area contributed by atoms with E-state index in [1.165, 1.54) is 0 Å². The van der Waals surface area contributed by atoms with Crippen molar-refractivity contribution in [3.05, 3.63) is 40.6 Å². The summed E-state index contributed by atoms with van der Waals surface area (Å²) in [7, 11) is -4.68. The molecule has 0 spiro atoms. The lowest BCUT2D eigenvalue weighted by Gasteiger charge is -2.14. The van der Waals surface area contributed by atoms with Crippen LogP contribution in [0.1, 0.15) is 0 Å². The molecule has 0 aliphatic rings. The summed E-state index contributed by atoms with van der Waals surface area (Å²) >= 11 is 0. The largest absolute Gasteiger partial charge is 0.458 e. The lowest BCUT2D eigenvalue weighted by atomic mass is 10.3. The van der Waals surface area contributed by atoms with Crippen molar-refractivity contribution in [1.29, 1.82) is 0 Å². The van der Waals surface area contributed by atoms with Crippen LogP contribution >= 0.6 is 0 Å². The van der Waals surface area contributed by atoms with Crippen LogP contribution in [0.4, 0.5) is 35.1 Å². The van der Waals surface area contributed by atoms with Gasteiger partial charge in [-0.15, -0.1) is 0 Å². The molecule has 1 aromatic carbocycles. The molecule has 0 aliphatic heterocycles. The van der Waals surface area contributed by atoms with Crippen molar-refractivity contribution in [3.63, 3.8) is 0 Å². The molecule has 1 unspecified atom stereocenters. The van der Waals surface area contributed by atoms with Crippen molar-refractivity contribution in [2.75, 3.05) is 0 Å². The summed E-state index contributed by atoms with van der Waals surface area (Å²) < 4.78 is 106. The molecule has 0 bridgehead atoms. The summed E-state index contributed by atoms with van der Waals surface area (Å²) in [5.74, 6) is -11.8. The van der Waals surface area contributed by atoms with Crippen LogP contribution < -0.4 is 5.19 Å². The zero-order valence-corrected chi connectivity index (χ0v) is 12.2. The first-order valence-corrected chi connectivity index (χ1v) is 6.93. The monoisotopic (exact) mass is 324 g/mol. The van der Waals surface area contributed by atoms with Crippen molar-refractivity contribution in [2.45, 2.75) is 0 Å². The molecule has 0 radical (unpaired) electrons. The van der Waals surface area contributed by atoms with Gasteiger partial charge in [0.15, 0.2) is 28.7 Å². The smallest absolute Gasteiger partial charge is 0.299 e. The molecule has 0 amide bonds. The van der Waals surface area contributed by atoms with E-state index in [9.17, 15) is 35.1 Å². The summed E-state index contributed by atoms with van der Waals surface area (Å²) in [6.45, 7) is 0. The van der Waals surface area contributed by atoms with Crippen molar-refractivity contribution in [1.82, 2.24) is 0 Å². The van der Waals surface area contributed by atoms with E-state index in [1.54, 1.807) is 0 Å². The van der Waals surface area contributed by atoms with E-state index in [0.717, 1.165) is 0 Å². The van der Waals surface area contributed by atoms with Gasteiger partial charge in [-0.3, -0.25) is 0 Å². The molecule has 11 heteroatoms. The predicted molar refractivity (Wildman–Crippen MR) is 54.4 cm³/mol. The van der Waals surface area contributed by atoms with Crippen LogP contribution in [0.2, 0.25) is 0 Å². The summed E-state index contributed by atoms with van der Waals surface area (Å²) in [4.78, 5) is 0. The minimum absolute atomic E-state index is 0.427. The van der Waals surface area contributed by atoms with Gasteiger partial charge in [-0.05, 0) is 0 Å². The topological polar surface area (TPSA) is 9.23 Å². The molecule has 0 saturated carbocycles. The van der Waals surface area contributed by atoms with Gasteiger partial charge in [0, 0.05) is 5.19 Å². The summed E-state index contributed by atoms with van der Waals surface area (Å²) in [6.07, 6.45) is -2.92. The highest BCUT2D eigenvalue weighted by Gasteiger charge is 2.35. The van der Waals surface area contributed by atoms with Gasteiger partial charge >= 0.3 is 0 Å². The Balaban J connectivity index is 3.63. The molecule has 0 aromatic heterocycles. The zero-order valence-electron chi connectivity index (χ0n) is 9.01. The first-order chi connectivity index (χ1) is 8.73. The quantitative estimate of drug-likeness (QED) is 0.352. The zero-order chi connectivity index (χ0) is 14.9. The Morgan fingerprint density at radius 1 is 0.789 bits per heavy atom. The van der Waals surface area contributed by atoms with Crippen molar-refractivity contribution < 1.29 is 39.2 Å². The van der Waals surface area contributed by atoms with Crippen LogP contribution in [0.5, 0.6) is 0 Å². The lowest BCUT2D eigenvalue weighted by Crippen LogP contribution is -2.41. The van der Waals surface area contributed by atoms with Crippen LogP contribution in [-0.4, -0.2) is 19.5 Å². The van der Waals surface area contributed by atoms with Gasteiger partial charge in [-0.1, -0.05) is 0 Å². The fraction of sp³-hybridized carbons (Fsp3) is 0. The highest BCUT2D eigenvalue weighted by atomic mass is 28.3. The van der Waals surface area contributed by atoms with Crippen molar-refractivity contribution in [3.8, 4) is 0 Å². The fourth-order valence-electron chi connectivity index (χ4n) is 1.30. The molecule has 1 aromatic rings. The fourth-order valence-corrected chi connectivity index (χ4v) is 4.24. The standard InChI is InChI=1S/C8H4F8OSi2/c9-1-2(10)4(12)6(5(13)3(1)11)19(17-18)8(16)7(14)15/h19H,18H3. The summed E-state index contributed by atoms with van der Waals surface area (Å²) in [5.41, 5.74) is -2.28. The maximum atomic E-state index is 13.3. The molecule has 0 fully saturated rings. The molecule has 19 heavy (non-hydrogen) atoms. The molecule has 1 rings (SSSR count). The molecule has 0 aliphatic carbocycles. The number of rotatable bonds is 3. The van der Waals surface area contributed by atoms with Gasteiger partial charge in [0.1, 0.15) is 10.5 Å². The predicted octanol–water partition coefficient (Wildman–Crippen LogP) is 1.23. The van der Waals surface area contributed by atoms with E-state index in [4.69, 9.17) is 0 Å². The lowest BCUT2D eigenvalue weighted by molar-refractivity contribution is 0.379. The van der Waals surface area contributed by atoms with E-state index in [1.807, 2.05) is 0 Å². The van der Waals surface area contributed by atoms with Gasteiger partial charge < -0.3 is 4.12 Å². The summed E-state index contributed by atoms with van der Waals surface area (Å²) in [5, 5.41) is -1.66. The van der Waals surface area contributed by atoms with Crippen molar-refractivity contribution >= 4 is 24.7 Å². The molecule has 1 atom stereocenters. The van der Waals surface area contributed by atoms with Gasteiger partial charge in [0.25, 0.3) is 15.1 Å². The minimum atomic E-state index is -4.25. The normalized spacial score (nSPS) is 12.6. The molecule has 0 heterocycles. The SMILES string of the molecule is FC(F)=C(F)[SiH](O[SiH3])c1c(F)c(F)c(F)c(F)c1F. The first-order valence-electron chi connectivity index (χ1n) is 4.48. The third-order valence-electron chi connectivity index (χ3n) is 2.15. The van der Waals surface area contributed by atoms with Crippen LogP contribution in [0.3, 0.4) is 0 Å². The van der Waals surface area contributed by atoms with E-state index in [-0.39, 0.29) is 0 Å². The molecule has 0 N–H and O–H groups in total. The van der Waals surface area contributed by atoms with Gasteiger partial charge in [0.2, 0.25) is 5.82 Å². The van der Waals surface area contributed by atoms with E-state index in [2.05, 4.69) is 4.12 Å². The van der Waals surface area contributed by atoms with Gasteiger partial charge in [-0.25, -0.2) is 26.3 Å². The highest BCUT2D eigenvalue weighted by molar-refractivity contribution is 6.76. The Morgan fingerprint density at radius 3 is 1.47 bits per heavy atom. The second-order valence-electron chi connectivity index (χ2n) is 3.21. The maximum Gasteiger partial charge on any atom is 0.299 e. The van der Waals surface area contributed by atoms with Crippen LogP contribution in [0, 0.1) is 29.1 Å². The third-order valence-corrected chi connectivity index (χ3v) is 5.75. The second-order valence-corrected chi connectivity index (χ2v) is 6.94. The van der Waals surface area contributed by atoms with Gasteiger partial charge in [0.05, 0.1) is 0 Å². The van der Waals surface area contributed by atoms with Crippen molar-refractivity contribution in [2.24, 2.45) is 0 Å². The summed E-state index contributed by atoms with van der Waals surface area (Å²) in [6, 6.07) is 0. The third kappa shape index (κ3) is 2.71. The highest BCUT2D eigenvalue weighted by Crippen LogP contribution is 2.20. The Kier molecular flexibility index (Phi) is 4.87. The van der Waals surface area contributed by atoms with E-state index in [0.29, 0.717) is 0 Å². The Bertz CT molecular complexity index is 513. The Labute approximate surface area is 105 Å². The molecular weight excluding hydrogens is 320 g/mol.